The molecule has 2 atom stereocenters. The molecule has 5 heteroatoms. The number of hydrogen-bond donors (Lipinski definition) is 1. The average Bonchev–Trinajstić information content (AvgIpc) is 2.93. The van der Waals surface area contributed by atoms with Crippen LogP contribution in [-0.4, -0.2) is 25.0 Å². The smallest absolute Gasteiger partial charge is 0.205 e. The van der Waals surface area contributed by atoms with Gasteiger partial charge >= 0.3 is 0 Å². The van der Waals surface area contributed by atoms with Crippen molar-refractivity contribution >= 4 is 16.8 Å². The molecule has 94 valence electrons. The van der Waals surface area contributed by atoms with Gasteiger partial charge in [0.1, 0.15) is 11.4 Å². The summed E-state index contributed by atoms with van der Waals surface area (Å²) in [6, 6.07) is 5.38. The van der Waals surface area contributed by atoms with Crippen LogP contribution in [0.15, 0.2) is 28.7 Å². The van der Waals surface area contributed by atoms with Crippen LogP contribution in [0.1, 0.15) is 10.6 Å². The first kappa shape index (κ1) is 11.4. The molecule has 2 heterocycles. The number of Topliss-reactive ketones (excluding diaryl/α,β-unsaturated/α-hetero) is 1. The predicted molar refractivity (Wildman–Crippen MR) is 62.8 cm³/mol. The van der Waals surface area contributed by atoms with Crippen molar-refractivity contribution < 1.29 is 18.3 Å². The Morgan fingerprint density at radius 2 is 2.17 bits per heavy atom. The number of carbonyl (C=O) groups excluding carboxylic acids is 1. The highest BCUT2D eigenvalue weighted by Gasteiger charge is 2.33. The monoisotopic (exact) mass is 249 g/mol. The average molecular weight is 249 g/mol. The summed E-state index contributed by atoms with van der Waals surface area (Å²) in [5, 5.41) is 0.575. The van der Waals surface area contributed by atoms with E-state index in [1.807, 2.05) is 0 Å². The minimum Gasteiger partial charge on any atom is -0.453 e. The van der Waals surface area contributed by atoms with Gasteiger partial charge in [0.15, 0.2) is 5.76 Å². The normalized spacial score (nSPS) is 23.7. The number of halogens is 1. The number of nitrogens with two attached hydrogens (primary N) is 1. The van der Waals surface area contributed by atoms with E-state index in [-0.39, 0.29) is 29.3 Å². The van der Waals surface area contributed by atoms with Gasteiger partial charge in [0.25, 0.3) is 0 Å². The van der Waals surface area contributed by atoms with Gasteiger partial charge in [-0.2, -0.15) is 0 Å². The number of carbonyl (C=O) groups is 1. The van der Waals surface area contributed by atoms with Gasteiger partial charge in [0.05, 0.1) is 19.1 Å². The lowest BCUT2D eigenvalue weighted by Gasteiger charge is -2.09. The molecule has 2 unspecified atom stereocenters. The molecule has 2 aromatic rings. The fourth-order valence-corrected chi connectivity index (χ4v) is 2.16. The Kier molecular flexibility index (Phi) is 2.65. The SMILES string of the molecule is NC1COCC1C(=O)c1cc2cc(F)ccc2o1. The van der Waals surface area contributed by atoms with Crippen molar-refractivity contribution in [2.75, 3.05) is 13.2 Å². The lowest BCUT2D eigenvalue weighted by atomic mass is 9.97. The third kappa shape index (κ3) is 1.81. The summed E-state index contributed by atoms with van der Waals surface area (Å²) < 4.78 is 23.6. The number of ketones is 1. The van der Waals surface area contributed by atoms with E-state index in [4.69, 9.17) is 14.9 Å². The van der Waals surface area contributed by atoms with Gasteiger partial charge in [0.2, 0.25) is 5.78 Å². The molecule has 4 nitrogen and oxygen atoms in total. The Labute approximate surface area is 103 Å². The minimum absolute atomic E-state index is 0.184. The quantitative estimate of drug-likeness (QED) is 0.823. The van der Waals surface area contributed by atoms with Gasteiger partial charge in [-0.25, -0.2) is 4.39 Å². The Morgan fingerprint density at radius 3 is 2.89 bits per heavy atom. The zero-order valence-corrected chi connectivity index (χ0v) is 9.56. The van der Waals surface area contributed by atoms with Crippen LogP contribution in [0.4, 0.5) is 4.39 Å². The molecule has 0 bridgehead atoms. The topological polar surface area (TPSA) is 65.5 Å². The van der Waals surface area contributed by atoms with Crippen molar-refractivity contribution in [1.29, 1.82) is 0 Å². The minimum atomic E-state index is -0.379. The maximum Gasteiger partial charge on any atom is 0.205 e. The van der Waals surface area contributed by atoms with Crippen molar-refractivity contribution in [3.8, 4) is 0 Å². The number of hydrogen-bond acceptors (Lipinski definition) is 4. The van der Waals surface area contributed by atoms with Gasteiger partial charge < -0.3 is 14.9 Å². The highest BCUT2D eigenvalue weighted by molar-refractivity contribution is 5.99. The van der Waals surface area contributed by atoms with E-state index in [0.717, 1.165) is 0 Å². The van der Waals surface area contributed by atoms with Crippen LogP contribution in [0, 0.1) is 11.7 Å². The van der Waals surface area contributed by atoms with Gasteiger partial charge in [-0.3, -0.25) is 4.79 Å². The largest absolute Gasteiger partial charge is 0.453 e. The zero-order chi connectivity index (χ0) is 12.7. The number of rotatable bonds is 2. The molecular weight excluding hydrogens is 237 g/mol. The summed E-state index contributed by atoms with van der Waals surface area (Å²) in [5.74, 6) is -0.711. The Bertz CT molecular complexity index is 607. The first-order valence-electron chi connectivity index (χ1n) is 5.72. The molecule has 1 saturated heterocycles. The molecule has 1 aromatic heterocycles. The van der Waals surface area contributed by atoms with E-state index >= 15 is 0 Å². The summed E-state index contributed by atoms with van der Waals surface area (Å²) in [6.45, 7) is 0.691. The highest BCUT2D eigenvalue weighted by Crippen LogP contribution is 2.24. The second-order valence-corrected chi connectivity index (χ2v) is 4.46. The molecule has 1 fully saturated rings. The van der Waals surface area contributed by atoms with Gasteiger partial charge in [-0.15, -0.1) is 0 Å². The van der Waals surface area contributed by atoms with E-state index in [9.17, 15) is 9.18 Å². The Balaban J connectivity index is 1.96. The molecule has 1 aromatic carbocycles. The first-order valence-corrected chi connectivity index (χ1v) is 5.72. The summed E-state index contributed by atoms with van der Waals surface area (Å²) in [5.41, 5.74) is 6.28. The maximum atomic E-state index is 13.0. The van der Waals surface area contributed by atoms with E-state index in [0.29, 0.717) is 24.2 Å². The Hall–Kier alpha value is -1.72. The van der Waals surface area contributed by atoms with Crippen LogP contribution in [0.5, 0.6) is 0 Å². The van der Waals surface area contributed by atoms with Crippen molar-refractivity contribution in [3.63, 3.8) is 0 Å². The van der Waals surface area contributed by atoms with Gasteiger partial charge in [-0.1, -0.05) is 0 Å². The predicted octanol–water partition coefficient (Wildman–Crippen LogP) is 1.73. The second kappa shape index (κ2) is 4.19. The van der Waals surface area contributed by atoms with Crippen LogP contribution in [0.3, 0.4) is 0 Å². The highest BCUT2D eigenvalue weighted by atomic mass is 19.1. The number of fused-ring (bicyclic) bond motifs is 1. The zero-order valence-electron chi connectivity index (χ0n) is 9.56. The standard InChI is InChI=1S/C13H12FNO3/c14-8-1-2-11-7(3-8)4-12(18-11)13(16)9-5-17-6-10(9)15/h1-4,9-10H,5-6,15H2. The number of furan rings is 1. The molecular formula is C13H12FNO3. The van der Waals surface area contributed by atoms with E-state index in [1.165, 1.54) is 18.2 Å². The van der Waals surface area contributed by atoms with Crippen LogP contribution in [0.2, 0.25) is 0 Å². The van der Waals surface area contributed by atoms with Gasteiger partial charge in [0, 0.05) is 11.4 Å². The van der Waals surface area contributed by atoms with Crippen molar-refractivity contribution in [3.05, 3.63) is 35.8 Å². The van der Waals surface area contributed by atoms with Crippen molar-refractivity contribution in [2.45, 2.75) is 6.04 Å². The van der Waals surface area contributed by atoms with Crippen LogP contribution >= 0.6 is 0 Å². The van der Waals surface area contributed by atoms with E-state index in [2.05, 4.69) is 0 Å². The Morgan fingerprint density at radius 1 is 1.33 bits per heavy atom. The number of ether oxygens (including phenoxy) is 1. The molecule has 0 amide bonds. The van der Waals surface area contributed by atoms with Crippen LogP contribution in [-0.2, 0) is 4.74 Å². The molecule has 0 aliphatic carbocycles. The summed E-state index contributed by atoms with van der Waals surface area (Å²) in [4.78, 5) is 12.2. The van der Waals surface area contributed by atoms with Crippen LogP contribution < -0.4 is 5.73 Å². The molecule has 0 saturated carbocycles. The van der Waals surface area contributed by atoms with Crippen molar-refractivity contribution in [1.82, 2.24) is 0 Å². The molecule has 1 aliphatic rings. The van der Waals surface area contributed by atoms with Crippen molar-refractivity contribution in [2.24, 2.45) is 11.7 Å². The fraction of sp³-hybridized carbons (Fsp3) is 0.308. The summed E-state index contributed by atoms with van der Waals surface area (Å²) >= 11 is 0. The third-order valence-electron chi connectivity index (χ3n) is 3.18. The third-order valence-corrected chi connectivity index (χ3v) is 3.18. The van der Waals surface area contributed by atoms with Crippen LogP contribution in [0.25, 0.3) is 11.0 Å². The lowest BCUT2D eigenvalue weighted by Crippen LogP contribution is -2.33. The number of benzene rings is 1. The molecule has 1 aliphatic heterocycles. The summed E-state index contributed by atoms with van der Waals surface area (Å²) in [7, 11) is 0. The molecule has 3 rings (SSSR count). The fourth-order valence-electron chi connectivity index (χ4n) is 2.16. The summed E-state index contributed by atoms with van der Waals surface area (Å²) in [6.07, 6.45) is 0. The van der Waals surface area contributed by atoms with E-state index in [1.54, 1.807) is 6.07 Å². The molecule has 2 N–H and O–H groups in total. The molecule has 0 radical (unpaired) electrons. The van der Waals surface area contributed by atoms with E-state index < -0.39 is 0 Å². The maximum absolute atomic E-state index is 13.0. The molecule has 18 heavy (non-hydrogen) atoms. The lowest BCUT2D eigenvalue weighted by molar-refractivity contribution is 0.0870. The van der Waals surface area contributed by atoms with Gasteiger partial charge in [-0.05, 0) is 24.3 Å². The second-order valence-electron chi connectivity index (χ2n) is 4.46. The molecule has 0 spiro atoms. The first-order chi connectivity index (χ1) is 8.65.